The van der Waals surface area contributed by atoms with Crippen molar-refractivity contribution in [2.75, 3.05) is 7.11 Å². The minimum atomic E-state index is -1.20. The van der Waals surface area contributed by atoms with Gasteiger partial charge < -0.3 is 9.84 Å². The van der Waals surface area contributed by atoms with Gasteiger partial charge in [-0.3, -0.25) is 4.79 Å². The quantitative estimate of drug-likeness (QED) is 0.927. The first-order valence-electron chi connectivity index (χ1n) is 5.65. The molecule has 0 bridgehead atoms. The molecule has 0 saturated heterocycles. The molecule has 0 aliphatic rings. The smallest absolute Gasteiger partial charge is 0.356 e. The summed E-state index contributed by atoms with van der Waals surface area (Å²) in [6.07, 6.45) is 0. The van der Waals surface area contributed by atoms with Crippen LogP contribution in [0.25, 0.3) is 0 Å². The molecule has 0 saturated carbocycles. The summed E-state index contributed by atoms with van der Waals surface area (Å²) in [5.74, 6) is -0.652. The zero-order valence-corrected chi connectivity index (χ0v) is 11.3. The van der Waals surface area contributed by atoms with E-state index < -0.39 is 11.5 Å². The molecule has 0 spiro atoms. The number of nitrogens with zero attached hydrogens (tertiary/aromatic N) is 2. The molecule has 1 aromatic heterocycles. The molecule has 7 heteroatoms. The third-order valence-electron chi connectivity index (χ3n) is 2.65. The maximum absolute atomic E-state index is 11.7. The van der Waals surface area contributed by atoms with Crippen molar-refractivity contribution in [1.82, 2.24) is 9.78 Å². The van der Waals surface area contributed by atoms with Crippen LogP contribution >= 0.6 is 11.6 Å². The molecule has 6 nitrogen and oxygen atoms in total. The molecule has 1 aromatic carbocycles. The molecule has 0 aliphatic carbocycles. The van der Waals surface area contributed by atoms with Crippen molar-refractivity contribution in [1.29, 1.82) is 0 Å². The van der Waals surface area contributed by atoms with Crippen LogP contribution in [0.5, 0.6) is 5.75 Å². The zero-order chi connectivity index (χ0) is 14.7. The number of benzene rings is 1. The predicted molar refractivity (Wildman–Crippen MR) is 72.6 cm³/mol. The van der Waals surface area contributed by atoms with Gasteiger partial charge in [-0.2, -0.15) is 5.10 Å². The minimum absolute atomic E-state index is 0.0731. The highest BCUT2D eigenvalue weighted by atomic mass is 35.5. The molecular formula is C13H11ClN2O4. The van der Waals surface area contributed by atoms with Gasteiger partial charge in [0, 0.05) is 16.7 Å². The van der Waals surface area contributed by atoms with Gasteiger partial charge in [-0.1, -0.05) is 11.6 Å². The monoisotopic (exact) mass is 294 g/mol. The first-order chi connectivity index (χ1) is 9.51. The Labute approximate surface area is 119 Å². The van der Waals surface area contributed by atoms with E-state index in [2.05, 4.69) is 5.10 Å². The van der Waals surface area contributed by atoms with Gasteiger partial charge >= 0.3 is 5.97 Å². The molecule has 0 aliphatic heterocycles. The molecule has 0 atom stereocenters. The number of carboxylic acids is 1. The Morgan fingerprint density at radius 2 is 2.15 bits per heavy atom. The van der Waals surface area contributed by atoms with Crippen molar-refractivity contribution in [3.8, 4) is 5.75 Å². The van der Waals surface area contributed by atoms with Crippen LogP contribution < -0.4 is 10.3 Å². The Bertz CT molecular complexity index is 712. The Hall–Kier alpha value is -2.34. The van der Waals surface area contributed by atoms with E-state index in [9.17, 15) is 9.59 Å². The van der Waals surface area contributed by atoms with Crippen LogP contribution in [0, 0.1) is 0 Å². The van der Waals surface area contributed by atoms with Crippen molar-refractivity contribution in [3.05, 3.63) is 57.0 Å². The van der Waals surface area contributed by atoms with Crippen LogP contribution in [-0.4, -0.2) is 28.0 Å². The standard InChI is InChI=1S/C13H11ClN2O4/c1-20-11-4-2-9(14)6-8(11)7-16-12(17)5-3-10(15-16)13(18)19/h2-6H,7H2,1H3,(H,18,19). The fraction of sp³-hybridized carbons (Fsp3) is 0.154. The van der Waals surface area contributed by atoms with Gasteiger partial charge in [-0.05, 0) is 24.3 Å². The van der Waals surface area contributed by atoms with Crippen molar-refractivity contribution < 1.29 is 14.6 Å². The highest BCUT2D eigenvalue weighted by Gasteiger charge is 2.10. The SMILES string of the molecule is COc1ccc(Cl)cc1Cn1nc(C(=O)O)ccc1=O. The largest absolute Gasteiger partial charge is 0.496 e. The van der Waals surface area contributed by atoms with Crippen LogP contribution in [0.15, 0.2) is 35.1 Å². The normalized spacial score (nSPS) is 10.3. The number of hydrogen-bond donors (Lipinski definition) is 1. The fourth-order valence-corrected chi connectivity index (χ4v) is 1.90. The van der Waals surface area contributed by atoms with E-state index in [0.717, 1.165) is 16.8 Å². The predicted octanol–water partition coefficient (Wildman–Crippen LogP) is 1.65. The lowest BCUT2D eigenvalue weighted by Crippen LogP contribution is -2.25. The van der Waals surface area contributed by atoms with Crippen molar-refractivity contribution in [2.24, 2.45) is 0 Å². The third kappa shape index (κ3) is 2.97. The Morgan fingerprint density at radius 3 is 2.80 bits per heavy atom. The maximum Gasteiger partial charge on any atom is 0.356 e. The molecule has 1 heterocycles. The van der Waals surface area contributed by atoms with Crippen molar-refractivity contribution in [3.63, 3.8) is 0 Å². The zero-order valence-electron chi connectivity index (χ0n) is 10.5. The van der Waals surface area contributed by atoms with Gasteiger partial charge in [0.2, 0.25) is 0 Å². The molecule has 0 fully saturated rings. The number of ether oxygens (including phenoxy) is 1. The second-order valence-corrected chi connectivity index (χ2v) is 4.41. The number of rotatable bonds is 4. The second kappa shape index (κ2) is 5.75. The number of carbonyl (C=O) groups is 1. The molecule has 0 radical (unpaired) electrons. The Morgan fingerprint density at radius 1 is 1.40 bits per heavy atom. The summed E-state index contributed by atoms with van der Waals surface area (Å²) in [5, 5.41) is 13.2. The van der Waals surface area contributed by atoms with Gasteiger partial charge in [0.25, 0.3) is 5.56 Å². The highest BCUT2D eigenvalue weighted by molar-refractivity contribution is 6.30. The number of carboxylic acid groups (broad SMARTS) is 1. The molecular weight excluding hydrogens is 284 g/mol. The summed E-state index contributed by atoms with van der Waals surface area (Å²) < 4.78 is 6.23. The second-order valence-electron chi connectivity index (χ2n) is 3.98. The van der Waals surface area contributed by atoms with Gasteiger partial charge in [0.15, 0.2) is 5.69 Å². The van der Waals surface area contributed by atoms with E-state index in [1.807, 2.05) is 0 Å². The Kier molecular flexibility index (Phi) is 4.05. The highest BCUT2D eigenvalue weighted by Crippen LogP contribution is 2.22. The molecule has 2 rings (SSSR count). The van der Waals surface area contributed by atoms with Crippen LogP contribution in [0.3, 0.4) is 0 Å². The van der Waals surface area contributed by atoms with Crippen LogP contribution in [-0.2, 0) is 6.54 Å². The first kappa shape index (κ1) is 14.1. The molecule has 0 unspecified atom stereocenters. The lowest BCUT2D eigenvalue weighted by Gasteiger charge is -2.10. The van der Waals surface area contributed by atoms with Crippen molar-refractivity contribution in [2.45, 2.75) is 6.54 Å². The number of methoxy groups -OCH3 is 1. The fourth-order valence-electron chi connectivity index (χ4n) is 1.71. The average Bonchev–Trinajstić information content (AvgIpc) is 2.41. The van der Waals surface area contributed by atoms with Gasteiger partial charge in [0.05, 0.1) is 13.7 Å². The molecule has 0 amide bonds. The van der Waals surface area contributed by atoms with Crippen LogP contribution in [0.4, 0.5) is 0 Å². The molecule has 20 heavy (non-hydrogen) atoms. The summed E-state index contributed by atoms with van der Waals surface area (Å²) in [6.45, 7) is 0.0731. The summed E-state index contributed by atoms with van der Waals surface area (Å²) in [5.41, 5.74) is 0.0276. The van der Waals surface area contributed by atoms with E-state index in [-0.39, 0.29) is 12.2 Å². The summed E-state index contributed by atoms with van der Waals surface area (Å²) in [6, 6.07) is 7.29. The van der Waals surface area contributed by atoms with Gasteiger partial charge in [-0.25, -0.2) is 9.48 Å². The van der Waals surface area contributed by atoms with Crippen LogP contribution in [0.1, 0.15) is 16.1 Å². The van der Waals surface area contributed by atoms with E-state index in [1.54, 1.807) is 18.2 Å². The summed E-state index contributed by atoms with van der Waals surface area (Å²) >= 11 is 5.90. The molecule has 104 valence electrons. The van der Waals surface area contributed by atoms with Crippen LogP contribution in [0.2, 0.25) is 5.02 Å². The topological polar surface area (TPSA) is 81.4 Å². The van der Waals surface area contributed by atoms with Crippen molar-refractivity contribution >= 4 is 17.6 Å². The molecule has 1 N–H and O–H groups in total. The first-order valence-corrected chi connectivity index (χ1v) is 6.03. The lowest BCUT2D eigenvalue weighted by molar-refractivity contribution is 0.0687. The maximum atomic E-state index is 11.7. The number of hydrogen-bond acceptors (Lipinski definition) is 4. The number of aromatic carboxylic acids is 1. The van der Waals surface area contributed by atoms with E-state index in [1.165, 1.54) is 7.11 Å². The van der Waals surface area contributed by atoms with E-state index in [0.29, 0.717) is 16.3 Å². The summed E-state index contributed by atoms with van der Waals surface area (Å²) in [4.78, 5) is 22.6. The number of aromatic nitrogens is 2. The minimum Gasteiger partial charge on any atom is -0.496 e. The Balaban J connectivity index is 2.44. The third-order valence-corrected chi connectivity index (χ3v) is 2.88. The summed E-state index contributed by atoms with van der Waals surface area (Å²) in [7, 11) is 1.50. The average molecular weight is 295 g/mol. The number of halogens is 1. The molecule has 2 aromatic rings. The van der Waals surface area contributed by atoms with Gasteiger partial charge in [-0.15, -0.1) is 0 Å². The van der Waals surface area contributed by atoms with Gasteiger partial charge in [0.1, 0.15) is 5.75 Å². The van der Waals surface area contributed by atoms with E-state index in [4.69, 9.17) is 21.4 Å². The van der Waals surface area contributed by atoms with E-state index >= 15 is 0 Å². The lowest BCUT2D eigenvalue weighted by atomic mass is 10.2.